The number of hydrogen-bond donors (Lipinski definition) is 1. The van der Waals surface area contributed by atoms with Gasteiger partial charge >= 0.3 is 0 Å². The van der Waals surface area contributed by atoms with Crippen LogP contribution in [0.4, 0.5) is 5.69 Å². The number of hydrogen-bond acceptors (Lipinski definition) is 3. The minimum Gasteiger partial charge on any atom is -0.492 e. The zero-order chi connectivity index (χ0) is 21.6. The highest BCUT2D eigenvalue weighted by molar-refractivity contribution is 6.08. The van der Waals surface area contributed by atoms with E-state index < -0.39 is 0 Å². The van der Waals surface area contributed by atoms with Crippen LogP contribution in [0.5, 0.6) is 5.75 Å². The molecule has 0 aliphatic rings. The SMILES string of the molecule is Cc1ccc(-c2cc(C)ccc2C(=O)Nc2ccc(OCCn3cccn3)cc2)cc1. The highest BCUT2D eigenvalue weighted by Gasteiger charge is 2.13. The van der Waals surface area contributed by atoms with E-state index in [-0.39, 0.29) is 5.91 Å². The topological polar surface area (TPSA) is 56.1 Å². The molecular weight excluding hydrogens is 386 g/mol. The lowest BCUT2D eigenvalue weighted by molar-refractivity contribution is 0.102. The summed E-state index contributed by atoms with van der Waals surface area (Å²) in [6, 6.07) is 23.4. The van der Waals surface area contributed by atoms with Gasteiger partial charge in [0.25, 0.3) is 5.91 Å². The van der Waals surface area contributed by atoms with E-state index in [9.17, 15) is 4.79 Å². The van der Waals surface area contributed by atoms with Crippen LogP contribution in [0.2, 0.25) is 0 Å². The molecule has 4 aromatic rings. The van der Waals surface area contributed by atoms with Gasteiger partial charge in [0.05, 0.1) is 6.54 Å². The smallest absolute Gasteiger partial charge is 0.256 e. The number of nitrogens with one attached hydrogen (secondary N) is 1. The van der Waals surface area contributed by atoms with Crippen molar-refractivity contribution in [3.8, 4) is 16.9 Å². The molecule has 31 heavy (non-hydrogen) atoms. The van der Waals surface area contributed by atoms with Crippen molar-refractivity contribution in [2.45, 2.75) is 20.4 Å². The fourth-order valence-electron chi connectivity index (χ4n) is 3.35. The molecule has 0 saturated heterocycles. The van der Waals surface area contributed by atoms with Crippen molar-refractivity contribution in [3.05, 3.63) is 102 Å². The van der Waals surface area contributed by atoms with Crippen LogP contribution in [0, 0.1) is 13.8 Å². The Kier molecular flexibility index (Phi) is 6.13. The van der Waals surface area contributed by atoms with Gasteiger partial charge in [0, 0.05) is 23.6 Å². The number of aryl methyl sites for hydroxylation is 2. The first-order chi connectivity index (χ1) is 15.1. The molecule has 1 N–H and O–H groups in total. The first-order valence-electron chi connectivity index (χ1n) is 10.3. The molecule has 5 heteroatoms. The van der Waals surface area contributed by atoms with Crippen molar-refractivity contribution < 1.29 is 9.53 Å². The zero-order valence-electron chi connectivity index (χ0n) is 17.7. The molecule has 1 heterocycles. The Labute approximate surface area is 182 Å². The number of rotatable bonds is 7. The fourth-order valence-corrected chi connectivity index (χ4v) is 3.35. The second-order valence-electron chi connectivity index (χ2n) is 7.51. The Bertz CT molecular complexity index is 1150. The van der Waals surface area contributed by atoms with Crippen molar-refractivity contribution >= 4 is 11.6 Å². The molecule has 0 saturated carbocycles. The van der Waals surface area contributed by atoms with E-state index >= 15 is 0 Å². The maximum absolute atomic E-state index is 13.0. The summed E-state index contributed by atoms with van der Waals surface area (Å²) in [7, 11) is 0. The van der Waals surface area contributed by atoms with E-state index in [0.717, 1.165) is 28.1 Å². The minimum atomic E-state index is -0.136. The molecule has 4 rings (SSSR count). The van der Waals surface area contributed by atoms with Crippen molar-refractivity contribution in [1.29, 1.82) is 0 Å². The monoisotopic (exact) mass is 411 g/mol. The Morgan fingerprint density at radius 1 is 0.968 bits per heavy atom. The van der Waals surface area contributed by atoms with Crippen LogP contribution in [-0.2, 0) is 6.54 Å². The molecule has 0 aliphatic carbocycles. The van der Waals surface area contributed by atoms with E-state index in [1.165, 1.54) is 5.56 Å². The number of anilines is 1. The first-order valence-corrected chi connectivity index (χ1v) is 10.3. The standard InChI is InChI=1S/C26H25N3O2/c1-19-4-7-21(8-5-19)25-18-20(2)6-13-24(25)26(30)28-22-9-11-23(12-10-22)31-17-16-29-15-3-14-27-29/h3-15,18H,16-17H2,1-2H3,(H,28,30). The summed E-state index contributed by atoms with van der Waals surface area (Å²) in [5.74, 6) is 0.615. The molecule has 0 fully saturated rings. The average molecular weight is 412 g/mol. The lowest BCUT2D eigenvalue weighted by atomic mass is 9.96. The Morgan fingerprint density at radius 2 is 1.71 bits per heavy atom. The second kappa shape index (κ2) is 9.30. The lowest BCUT2D eigenvalue weighted by Gasteiger charge is -2.13. The number of benzene rings is 3. The van der Waals surface area contributed by atoms with E-state index in [0.29, 0.717) is 18.7 Å². The van der Waals surface area contributed by atoms with E-state index in [1.807, 2.05) is 60.3 Å². The molecule has 156 valence electrons. The van der Waals surface area contributed by atoms with Gasteiger partial charge in [-0.05, 0) is 61.4 Å². The lowest BCUT2D eigenvalue weighted by Crippen LogP contribution is -2.13. The number of aromatic nitrogens is 2. The maximum atomic E-state index is 13.0. The van der Waals surface area contributed by atoms with Crippen LogP contribution in [0.25, 0.3) is 11.1 Å². The number of carbonyl (C=O) groups excluding carboxylic acids is 1. The first kappa shape index (κ1) is 20.4. The van der Waals surface area contributed by atoms with E-state index in [4.69, 9.17) is 4.74 Å². The molecule has 0 radical (unpaired) electrons. The van der Waals surface area contributed by atoms with Crippen molar-refractivity contribution in [3.63, 3.8) is 0 Å². The van der Waals surface area contributed by atoms with Gasteiger partial charge in [0.2, 0.25) is 0 Å². The molecule has 3 aromatic carbocycles. The van der Waals surface area contributed by atoms with Gasteiger partial charge in [-0.25, -0.2) is 0 Å². The summed E-state index contributed by atoms with van der Waals surface area (Å²) in [6.45, 7) is 5.29. The molecular formula is C26H25N3O2. The Morgan fingerprint density at radius 3 is 2.42 bits per heavy atom. The van der Waals surface area contributed by atoms with Crippen LogP contribution < -0.4 is 10.1 Å². The fraction of sp³-hybridized carbons (Fsp3) is 0.154. The highest BCUT2D eigenvalue weighted by Crippen LogP contribution is 2.27. The number of amides is 1. The summed E-state index contributed by atoms with van der Waals surface area (Å²) in [5.41, 5.74) is 5.63. The maximum Gasteiger partial charge on any atom is 0.256 e. The highest BCUT2D eigenvalue weighted by atomic mass is 16.5. The largest absolute Gasteiger partial charge is 0.492 e. The summed E-state index contributed by atoms with van der Waals surface area (Å²) in [6.07, 6.45) is 3.65. The predicted octanol–water partition coefficient (Wildman–Crippen LogP) is 5.50. The van der Waals surface area contributed by atoms with Crippen molar-refractivity contribution in [2.24, 2.45) is 0 Å². The molecule has 0 atom stereocenters. The van der Waals surface area contributed by atoms with Gasteiger partial charge in [0.15, 0.2) is 0 Å². The number of carbonyl (C=O) groups is 1. The molecule has 1 amide bonds. The normalized spacial score (nSPS) is 10.6. The predicted molar refractivity (Wildman–Crippen MR) is 123 cm³/mol. The Balaban J connectivity index is 1.44. The van der Waals surface area contributed by atoms with Crippen LogP contribution in [-0.4, -0.2) is 22.3 Å². The van der Waals surface area contributed by atoms with Crippen LogP contribution in [0.1, 0.15) is 21.5 Å². The molecule has 0 unspecified atom stereocenters. The molecule has 5 nitrogen and oxygen atoms in total. The summed E-state index contributed by atoms with van der Waals surface area (Å²) in [4.78, 5) is 13.0. The van der Waals surface area contributed by atoms with Gasteiger partial charge < -0.3 is 10.1 Å². The van der Waals surface area contributed by atoms with Gasteiger partial charge in [0.1, 0.15) is 12.4 Å². The zero-order valence-corrected chi connectivity index (χ0v) is 17.7. The van der Waals surface area contributed by atoms with Gasteiger partial charge in [-0.15, -0.1) is 0 Å². The second-order valence-corrected chi connectivity index (χ2v) is 7.51. The van der Waals surface area contributed by atoms with Gasteiger partial charge in [-0.1, -0.05) is 47.5 Å². The van der Waals surface area contributed by atoms with E-state index in [1.54, 1.807) is 6.20 Å². The molecule has 0 spiro atoms. The molecule has 1 aromatic heterocycles. The van der Waals surface area contributed by atoms with Gasteiger partial charge in [-0.2, -0.15) is 5.10 Å². The molecule has 0 bridgehead atoms. The number of nitrogens with zero attached hydrogens (tertiary/aromatic N) is 2. The third kappa shape index (κ3) is 5.20. The summed E-state index contributed by atoms with van der Waals surface area (Å²) >= 11 is 0. The molecule has 0 aliphatic heterocycles. The van der Waals surface area contributed by atoms with Crippen LogP contribution in [0.15, 0.2) is 85.2 Å². The summed E-state index contributed by atoms with van der Waals surface area (Å²) < 4.78 is 7.57. The Hall–Kier alpha value is -3.86. The third-order valence-electron chi connectivity index (χ3n) is 5.04. The quantitative estimate of drug-likeness (QED) is 0.437. The van der Waals surface area contributed by atoms with Crippen molar-refractivity contribution in [1.82, 2.24) is 9.78 Å². The summed E-state index contributed by atoms with van der Waals surface area (Å²) in [5, 5.41) is 7.15. The van der Waals surface area contributed by atoms with Crippen LogP contribution in [0.3, 0.4) is 0 Å². The minimum absolute atomic E-state index is 0.136. The van der Waals surface area contributed by atoms with Crippen molar-refractivity contribution in [2.75, 3.05) is 11.9 Å². The van der Waals surface area contributed by atoms with Gasteiger partial charge in [-0.3, -0.25) is 9.48 Å². The number of ether oxygens (including phenoxy) is 1. The van der Waals surface area contributed by atoms with Crippen LogP contribution >= 0.6 is 0 Å². The van der Waals surface area contributed by atoms with E-state index in [2.05, 4.69) is 47.7 Å². The average Bonchev–Trinajstić information content (AvgIpc) is 3.29. The third-order valence-corrected chi connectivity index (χ3v) is 5.04.